The molecule has 2 aromatic rings. The number of carboxylic acid groups (broad SMARTS) is 1. The van der Waals surface area contributed by atoms with E-state index in [1.807, 2.05) is 26.0 Å². The lowest BCUT2D eigenvalue weighted by molar-refractivity contribution is 0.0697. The standard InChI is InChI=1S/C13H13NO2/c1-8(2)11-7-10(13(15)16)6-9-4-3-5-14-12(9)11/h3-8H,1-2H3,(H,15,16). The number of carboxylic acids is 1. The van der Waals surface area contributed by atoms with E-state index < -0.39 is 5.97 Å². The van der Waals surface area contributed by atoms with Crippen LogP contribution < -0.4 is 0 Å². The van der Waals surface area contributed by atoms with Crippen molar-refractivity contribution in [3.63, 3.8) is 0 Å². The lowest BCUT2D eigenvalue weighted by Crippen LogP contribution is -2.00. The fourth-order valence-corrected chi connectivity index (χ4v) is 1.78. The first kappa shape index (κ1) is 10.6. The van der Waals surface area contributed by atoms with E-state index in [-0.39, 0.29) is 5.92 Å². The summed E-state index contributed by atoms with van der Waals surface area (Å²) in [7, 11) is 0. The van der Waals surface area contributed by atoms with Crippen LogP contribution >= 0.6 is 0 Å². The Labute approximate surface area is 93.7 Å². The Kier molecular flexibility index (Phi) is 2.60. The molecule has 0 saturated heterocycles. The van der Waals surface area contributed by atoms with Crippen molar-refractivity contribution in [2.75, 3.05) is 0 Å². The van der Waals surface area contributed by atoms with Gasteiger partial charge in [0.05, 0.1) is 11.1 Å². The zero-order valence-corrected chi connectivity index (χ0v) is 9.27. The Morgan fingerprint density at radius 2 is 2.12 bits per heavy atom. The first-order valence-electron chi connectivity index (χ1n) is 5.21. The molecule has 1 aromatic heterocycles. The van der Waals surface area contributed by atoms with Crippen LogP contribution in [0.15, 0.2) is 30.5 Å². The van der Waals surface area contributed by atoms with Crippen LogP contribution in [0.2, 0.25) is 0 Å². The largest absolute Gasteiger partial charge is 0.478 e. The summed E-state index contributed by atoms with van der Waals surface area (Å²) in [6.07, 6.45) is 1.73. The summed E-state index contributed by atoms with van der Waals surface area (Å²) in [5.74, 6) is -0.635. The van der Waals surface area contributed by atoms with E-state index in [2.05, 4.69) is 4.98 Å². The number of benzene rings is 1. The normalized spacial score (nSPS) is 10.9. The number of aromatic carboxylic acids is 1. The van der Waals surface area contributed by atoms with Gasteiger partial charge in [-0.25, -0.2) is 4.79 Å². The summed E-state index contributed by atoms with van der Waals surface area (Å²) in [5.41, 5.74) is 2.20. The van der Waals surface area contributed by atoms with Crippen LogP contribution in [0.4, 0.5) is 0 Å². The van der Waals surface area contributed by atoms with Crippen LogP contribution in [0, 0.1) is 0 Å². The molecule has 0 aliphatic heterocycles. The first-order valence-corrected chi connectivity index (χ1v) is 5.21. The van der Waals surface area contributed by atoms with Crippen molar-refractivity contribution in [1.29, 1.82) is 0 Å². The van der Waals surface area contributed by atoms with Gasteiger partial charge in [-0.3, -0.25) is 4.98 Å². The smallest absolute Gasteiger partial charge is 0.335 e. The van der Waals surface area contributed by atoms with Gasteiger partial charge in [0.1, 0.15) is 0 Å². The van der Waals surface area contributed by atoms with Crippen molar-refractivity contribution in [1.82, 2.24) is 4.98 Å². The van der Waals surface area contributed by atoms with Gasteiger partial charge in [-0.1, -0.05) is 19.9 Å². The van der Waals surface area contributed by atoms with Crippen molar-refractivity contribution in [3.05, 3.63) is 41.6 Å². The van der Waals surface area contributed by atoms with Crippen LogP contribution in [0.1, 0.15) is 35.7 Å². The molecule has 1 heterocycles. The Morgan fingerprint density at radius 3 is 2.75 bits per heavy atom. The fourth-order valence-electron chi connectivity index (χ4n) is 1.78. The van der Waals surface area contributed by atoms with Crippen LogP contribution in [-0.4, -0.2) is 16.1 Å². The molecule has 0 aliphatic carbocycles. The number of rotatable bonds is 2. The first-order chi connectivity index (χ1) is 7.59. The second-order valence-corrected chi connectivity index (χ2v) is 4.10. The number of hydrogen-bond acceptors (Lipinski definition) is 2. The van der Waals surface area contributed by atoms with Crippen LogP contribution in [0.3, 0.4) is 0 Å². The fraction of sp³-hybridized carbons (Fsp3) is 0.231. The SMILES string of the molecule is CC(C)c1cc(C(=O)O)cc2cccnc12. The van der Waals surface area contributed by atoms with Crippen LogP contribution in [0.25, 0.3) is 10.9 Å². The number of nitrogens with zero attached hydrogens (tertiary/aromatic N) is 1. The van der Waals surface area contributed by atoms with Gasteiger partial charge in [0.2, 0.25) is 0 Å². The van der Waals surface area contributed by atoms with Crippen molar-refractivity contribution in [2.24, 2.45) is 0 Å². The Hall–Kier alpha value is -1.90. The molecule has 1 N–H and O–H groups in total. The summed E-state index contributed by atoms with van der Waals surface area (Å²) in [6.45, 7) is 4.07. The molecule has 3 heteroatoms. The quantitative estimate of drug-likeness (QED) is 0.837. The highest BCUT2D eigenvalue weighted by Gasteiger charge is 2.11. The van der Waals surface area contributed by atoms with E-state index in [4.69, 9.17) is 5.11 Å². The topological polar surface area (TPSA) is 50.2 Å². The number of fused-ring (bicyclic) bond motifs is 1. The molecule has 0 amide bonds. The molecular formula is C13H13NO2. The molecule has 16 heavy (non-hydrogen) atoms. The summed E-state index contributed by atoms with van der Waals surface area (Å²) in [4.78, 5) is 15.3. The third-order valence-electron chi connectivity index (χ3n) is 2.60. The van der Waals surface area contributed by atoms with Crippen molar-refractivity contribution in [3.8, 4) is 0 Å². The van der Waals surface area contributed by atoms with Gasteiger partial charge in [0, 0.05) is 11.6 Å². The van der Waals surface area contributed by atoms with Gasteiger partial charge in [0.25, 0.3) is 0 Å². The molecule has 0 bridgehead atoms. The number of hydrogen-bond donors (Lipinski definition) is 1. The van der Waals surface area contributed by atoms with Crippen LogP contribution in [0.5, 0.6) is 0 Å². The Morgan fingerprint density at radius 1 is 1.38 bits per heavy atom. The van der Waals surface area contributed by atoms with Gasteiger partial charge in [-0.2, -0.15) is 0 Å². The summed E-state index contributed by atoms with van der Waals surface area (Å²) < 4.78 is 0. The summed E-state index contributed by atoms with van der Waals surface area (Å²) in [5, 5.41) is 9.91. The van der Waals surface area contributed by atoms with Gasteiger partial charge < -0.3 is 5.11 Å². The highest BCUT2D eigenvalue weighted by atomic mass is 16.4. The van der Waals surface area contributed by atoms with Crippen molar-refractivity contribution < 1.29 is 9.90 Å². The lowest BCUT2D eigenvalue weighted by Gasteiger charge is -2.10. The molecular weight excluding hydrogens is 202 g/mol. The minimum Gasteiger partial charge on any atom is -0.478 e. The van der Waals surface area contributed by atoms with Gasteiger partial charge in [-0.15, -0.1) is 0 Å². The highest BCUT2D eigenvalue weighted by molar-refractivity contribution is 5.94. The third kappa shape index (κ3) is 1.76. The van der Waals surface area contributed by atoms with Crippen molar-refractivity contribution in [2.45, 2.75) is 19.8 Å². The van der Waals surface area contributed by atoms with Gasteiger partial charge in [-0.05, 0) is 29.7 Å². The van der Waals surface area contributed by atoms with Gasteiger partial charge >= 0.3 is 5.97 Å². The zero-order chi connectivity index (χ0) is 11.7. The molecule has 82 valence electrons. The summed E-state index contributed by atoms with van der Waals surface area (Å²) >= 11 is 0. The molecule has 0 radical (unpaired) electrons. The maximum Gasteiger partial charge on any atom is 0.335 e. The molecule has 0 fully saturated rings. The maximum atomic E-state index is 11.0. The molecule has 0 atom stereocenters. The molecule has 1 aromatic carbocycles. The zero-order valence-electron chi connectivity index (χ0n) is 9.27. The van der Waals surface area contributed by atoms with Gasteiger partial charge in [0.15, 0.2) is 0 Å². The van der Waals surface area contributed by atoms with E-state index >= 15 is 0 Å². The molecule has 3 nitrogen and oxygen atoms in total. The van der Waals surface area contributed by atoms with Crippen LogP contribution in [-0.2, 0) is 0 Å². The second-order valence-electron chi connectivity index (χ2n) is 4.10. The third-order valence-corrected chi connectivity index (χ3v) is 2.60. The highest BCUT2D eigenvalue weighted by Crippen LogP contribution is 2.25. The molecule has 0 aliphatic rings. The predicted octanol–water partition coefficient (Wildman–Crippen LogP) is 3.06. The molecule has 2 rings (SSSR count). The molecule has 0 saturated carbocycles. The second kappa shape index (κ2) is 3.93. The Balaban J connectivity index is 2.78. The lowest BCUT2D eigenvalue weighted by atomic mass is 9.97. The number of aromatic nitrogens is 1. The van der Waals surface area contributed by atoms with Crippen molar-refractivity contribution >= 4 is 16.9 Å². The minimum atomic E-state index is -0.896. The predicted molar refractivity (Wildman–Crippen MR) is 62.8 cm³/mol. The molecule has 0 unspecified atom stereocenters. The van der Waals surface area contributed by atoms with E-state index in [9.17, 15) is 4.79 Å². The van der Waals surface area contributed by atoms with E-state index in [1.165, 1.54) is 0 Å². The maximum absolute atomic E-state index is 11.0. The monoisotopic (exact) mass is 215 g/mol. The average molecular weight is 215 g/mol. The Bertz CT molecular complexity index is 547. The summed E-state index contributed by atoms with van der Waals surface area (Å²) in [6, 6.07) is 7.08. The van der Waals surface area contributed by atoms with E-state index in [0.717, 1.165) is 16.5 Å². The van der Waals surface area contributed by atoms with E-state index in [1.54, 1.807) is 18.3 Å². The average Bonchev–Trinajstić information content (AvgIpc) is 2.27. The number of pyridine rings is 1. The number of carbonyl (C=O) groups is 1. The minimum absolute atomic E-state index is 0.261. The molecule has 0 spiro atoms. The van der Waals surface area contributed by atoms with E-state index in [0.29, 0.717) is 5.56 Å².